The van der Waals surface area contributed by atoms with Gasteiger partial charge >= 0.3 is 0 Å². The first-order valence-corrected chi connectivity index (χ1v) is 10.7. The van der Waals surface area contributed by atoms with E-state index in [4.69, 9.17) is 4.74 Å². The zero-order valence-corrected chi connectivity index (χ0v) is 19.5. The van der Waals surface area contributed by atoms with E-state index in [1.807, 2.05) is 12.1 Å². The van der Waals surface area contributed by atoms with Crippen LogP contribution in [0.5, 0.6) is 17.2 Å². The summed E-state index contributed by atoms with van der Waals surface area (Å²) in [5.41, 5.74) is -1.64. The molecule has 0 fully saturated rings. The molecule has 2 aromatic rings. The number of benzene rings is 2. The third-order valence-electron chi connectivity index (χ3n) is 5.94. The molecule has 1 aliphatic carbocycles. The van der Waals surface area contributed by atoms with Crippen LogP contribution in [0.1, 0.15) is 40.9 Å². The van der Waals surface area contributed by atoms with Gasteiger partial charge in [-0.1, -0.05) is 34.1 Å². The largest absolute Gasteiger partial charge is 0.507 e. The average molecular weight is 511 g/mol. The minimum absolute atomic E-state index is 0.0174. The summed E-state index contributed by atoms with van der Waals surface area (Å²) in [6, 6.07) is 7.19. The molecule has 2 aliphatic rings. The fraction of sp³-hybridized carbons (Fsp3) is 0.160. The second-order valence-electron chi connectivity index (χ2n) is 8.03. The maximum absolute atomic E-state index is 13.3. The molecule has 0 radical (unpaired) electrons. The number of phenols is 2. The lowest BCUT2D eigenvalue weighted by Crippen LogP contribution is -2.38. The summed E-state index contributed by atoms with van der Waals surface area (Å²) in [5.74, 6) is -3.77. The second-order valence-corrected chi connectivity index (χ2v) is 8.95. The van der Waals surface area contributed by atoms with Crippen LogP contribution in [-0.4, -0.2) is 32.7 Å². The Labute approximate surface area is 197 Å². The van der Waals surface area contributed by atoms with Gasteiger partial charge in [0.1, 0.15) is 45.3 Å². The van der Waals surface area contributed by atoms with Crippen molar-refractivity contribution in [2.24, 2.45) is 0 Å². The number of rotatable bonds is 4. The first-order chi connectivity index (χ1) is 15.5. The van der Waals surface area contributed by atoms with Gasteiger partial charge in [-0.05, 0) is 44.5 Å². The van der Waals surface area contributed by atoms with Gasteiger partial charge < -0.3 is 20.1 Å². The number of aliphatic hydroxyl groups is 1. The number of carbonyl (C=O) groups excluding carboxylic acids is 3. The van der Waals surface area contributed by atoms with Gasteiger partial charge in [0.25, 0.3) is 0 Å². The molecular formula is C25H19BrO7. The molecule has 0 spiro atoms. The molecule has 0 amide bonds. The Kier molecular flexibility index (Phi) is 5.29. The lowest BCUT2D eigenvalue weighted by Gasteiger charge is -2.28. The number of hydrogen-bond donors (Lipinski definition) is 3. The van der Waals surface area contributed by atoms with Gasteiger partial charge in [-0.2, -0.15) is 0 Å². The normalized spacial score (nSPS) is 19.3. The Balaban J connectivity index is 1.89. The number of allylic oxidation sites excluding steroid dienone is 4. The van der Waals surface area contributed by atoms with Crippen molar-refractivity contribution in [1.29, 1.82) is 0 Å². The zero-order valence-electron chi connectivity index (χ0n) is 17.9. The van der Waals surface area contributed by atoms with Crippen molar-refractivity contribution in [3.63, 3.8) is 0 Å². The minimum Gasteiger partial charge on any atom is -0.507 e. The maximum atomic E-state index is 13.3. The lowest BCUT2D eigenvalue weighted by molar-refractivity contribution is -0.123. The molecule has 4 rings (SSSR count). The van der Waals surface area contributed by atoms with Gasteiger partial charge in [-0.3, -0.25) is 14.4 Å². The first kappa shape index (κ1) is 22.5. The SMILES string of the molecule is CC(=O)C1=C(O)C=C2Oc3c(C(=O)/C=C/c4ccc(Br)cc4)c(O)c(C)c(O)c3[C@]2(C)C1=O. The monoisotopic (exact) mass is 510 g/mol. The van der Waals surface area contributed by atoms with Crippen LogP contribution < -0.4 is 4.74 Å². The van der Waals surface area contributed by atoms with E-state index in [2.05, 4.69) is 15.9 Å². The summed E-state index contributed by atoms with van der Waals surface area (Å²) in [7, 11) is 0. The predicted octanol–water partition coefficient (Wildman–Crippen LogP) is 4.58. The minimum atomic E-state index is -1.66. The van der Waals surface area contributed by atoms with Gasteiger partial charge in [0.05, 0.1) is 5.56 Å². The second kappa shape index (κ2) is 7.74. The van der Waals surface area contributed by atoms with Crippen LogP contribution in [0.15, 0.2) is 58.0 Å². The highest BCUT2D eigenvalue weighted by Gasteiger charge is 2.55. The van der Waals surface area contributed by atoms with Crippen LogP contribution in [0, 0.1) is 6.92 Å². The quantitative estimate of drug-likeness (QED) is 0.312. The number of aliphatic hydroxyl groups excluding tert-OH is 1. The molecular weight excluding hydrogens is 492 g/mol. The van der Waals surface area contributed by atoms with Crippen LogP contribution in [0.25, 0.3) is 6.08 Å². The molecule has 2 aromatic carbocycles. The molecule has 0 saturated carbocycles. The van der Waals surface area contributed by atoms with Crippen LogP contribution >= 0.6 is 15.9 Å². The fourth-order valence-corrected chi connectivity index (χ4v) is 4.35. The molecule has 8 heteroatoms. The number of ketones is 3. The molecule has 1 atom stereocenters. The number of halogens is 1. The molecule has 1 heterocycles. The summed E-state index contributed by atoms with van der Waals surface area (Å²) in [4.78, 5) is 38.4. The van der Waals surface area contributed by atoms with Gasteiger partial charge in [-0.25, -0.2) is 0 Å². The molecule has 168 valence electrons. The number of fused-ring (bicyclic) bond motifs is 3. The number of Topliss-reactive ketones (excluding diaryl/α,β-unsaturated/α-hetero) is 2. The van der Waals surface area contributed by atoms with Crippen molar-refractivity contribution >= 4 is 39.4 Å². The number of carbonyl (C=O) groups is 3. The molecule has 0 aromatic heterocycles. The van der Waals surface area contributed by atoms with E-state index in [0.29, 0.717) is 0 Å². The maximum Gasteiger partial charge on any atom is 0.193 e. The van der Waals surface area contributed by atoms with Gasteiger partial charge in [-0.15, -0.1) is 0 Å². The Morgan fingerprint density at radius 2 is 1.73 bits per heavy atom. The highest BCUT2D eigenvalue weighted by molar-refractivity contribution is 9.10. The van der Waals surface area contributed by atoms with Crippen molar-refractivity contribution < 1.29 is 34.4 Å². The predicted molar refractivity (Wildman–Crippen MR) is 123 cm³/mol. The third kappa shape index (κ3) is 3.29. The van der Waals surface area contributed by atoms with Crippen molar-refractivity contribution in [2.75, 3.05) is 0 Å². The molecule has 0 saturated heterocycles. The standard InChI is InChI=1S/C25H19BrO7/c1-11-21(30)19(15(28)9-6-13-4-7-14(26)8-5-13)23-20(22(11)31)25(3)17(33-23)10-16(29)18(12(2)27)24(25)32/h4-10,29-31H,1-3H3/b9-6+/t25-/m1/s1. The number of aromatic hydroxyl groups is 2. The number of ether oxygens (including phenoxy) is 1. The smallest absolute Gasteiger partial charge is 0.193 e. The summed E-state index contributed by atoms with van der Waals surface area (Å²) in [6.07, 6.45) is 3.92. The Bertz CT molecular complexity index is 1350. The fourth-order valence-electron chi connectivity index (χ4n) is 4.09. The van der Waals surface area contributed by atoms with E-state index in [1.54, 1.807) is 18.2 Å². The molecule has 0 bridgehead atoms. The van der Waals surface area contributed by atoms with Crippen molar-refractivity contribution in [3.8, 4) is 17.2 Å². The van der Waals surface area contributed by atoms with Crippen molar-refractivity contribution in [2.45, 2.75) is 26.2 Å². The highest BCUT2D eigenvalue weighted by Crippen LogP contribution is 2.57. The van der Waals surface area contributed by atoms with Crippen LogP contribution in [-0.2, 0) is 15.0 Å². The number of hydrogen-bond acceptors (Lipinski definition) is 7. The summed E-state index contributed by atoms with van der Waals surface area (Å²) in [5, 5.41) is 31.8. The third-order valence-corrected chi connectivity index (χ3v) is 6.47. The van der Waals surface area contributed by atoms with E-state index >= 15 is 0 Å². The highest BCUT2D eigenvalue weighted by atomic mass is 79.9. The zero-order chi connectivity index (χ0) is 24.2. The Hall–Kier alpha value is -3.65. The van der Waals surface area contributed by atoms with Crippen LogP contribution in [0.3, 0.4) is 0 Å². The Morgan fingerprint density at radius 3 is 2.33 bits per heavy atom. The van der Waals surface area contributed by atoms with Crippen molar-refractivity contribution in [1.82, 2.24) is 0 Å². The topological polar surface area (TPSA) is 121 Å². The van der Waals surface area contributed by atoms with Gasteiger partial charge in [0.15, 0.2) is 17.3 Å². The lowest BCUT2D eigenvalue weighted by atomic mass is 9.71. The van der Waals surface area contributed by atoms with Crippen LogP contribution in [0.4, 0.5) is 0 Å². The number of phenolic OH excluding ortho intramolecular Hbond substituents is 2. The summed E-state index contributed by atoms with van der Waals surface area (Å²) >= 11 is 3.34. The molecule has 1 aliphatic heterocycles. The molecule has 7 nitrogen and oxygen atoms in total. The van der Waals surface area contributed by atoms with E-state index in [-0.39, 0.29) is 28.2 Å². The first-order valence-electron chi connectivity index (χ1n) is 9.94. The van der Waals surface area contributed by atoms with Crippen molar-refractivity contribution in [3.05, 3.63) is 80.2 Å². The van der Waals surface area contributed by atoms with E-state index in [9.17, 15) is 29.7 Å². The van der Waals surface area contributed by atoms with Gasteiger partial charge in [0.2, 0.25) is 0 Å². The molecule has 0 unspecified atom stereocenters. The van der Waals surface area contributed by atoms with E-state index in [1.165, 1.54) is 19.9 Å². The van der Waals surface area contributed by atoms with Gasteiger partial charge in [0, 0.05) is 16.1 Å². The van der Waals surface area contributed by atoms with Crippen LogP contribution in [0.2, 0.25) is 0 Å². The van der Waals surface area contributed by atoms with E-state index < -0.39 is 45.6 Å². The molecule has 3 N–H and O–H groups in total. The molecule has 33 heavy (non-hydrogen) atoms. The summed E-state index contributed by atoms with van der Waals surface area (Å²) in [6.45, 7) is 3.98. The average Bonchev–Trinajstić information content (AvgIpc) is 3.04. The summed E-state index contributed by atoms with van der Waals surface area (Å²) < 4.78 is 6.65. The Morgan fingerprint density at radius 1 is 1.09 bits per heavy atom. The van der Waals surface area contributed by atoms with E-state index in [0.717, 1.165) is 23.0 Å².